The number of H-pyrrole nitrogens is 1. The van der Waals surface area contributed by atoms with Gasteiger partial charge in [0, 0.05) is 18.0 Å². The normalized spacial score (nSPS) is 11.6. The van der Waals surface area contributed by atoms with E-state index in [0.717, 1.165) is 17.4 Å². The Labute approximate surface area is 160 Å². The number of carbonyl (C=O) groups excluding carboxylic acids is 1. The van der Waals surface area contributed by atoms with Crippen LogP contribution in [-0.4, -0.2) is 45.1 Å². The summed E-state index contributed by atoms with van der Waals surface area (Å²) >= 11 is 0. The molecule has 0 saturated heterocycles. The van der Waals surface area contributed by atoms with E-state index in [9.17, 15) is 13.2 Å². The van der Waals surface area contributed by atoms with Crippen molar-refractivity contribution >= 4 is 27.2 Å². The molecule has 0 aliphatic carbocycles. The number of hydrogen-bond donors (Lipinski definition) is 2. The van der Waals surface area contributed by atoms with Gasteiger partial charge in [-0.25, -0.2) is 13.4 Å². The van der Waals surface area contributed by atoms with Gasteiger partial charge >= 0.3 is 0 Å². The van der Waals surface area contributed by atoms with E-state index >= 15 is 0 Å². The van der Waals surface area contributed by atoms with Gasteiger partial charge in [-0.2, -0.15) is 4.98 Å². The van der Waals surface area contributed by atoms with Crippen molar-refractivity contribution < 1.29 is 13.2 Å². The van der Waals surface area contributed by atoms with Crippen LogP contribution in [0.2, 0.25) is 0 Å². The number of nitrogens with one attached hydrogen (secondary N) is 2. The Hall–Kier alpha value is -3.53. The molecule has 0 saturated carbocycles. The number of aromatic amines is 1. The molecule has 3 aromatic heterocycles. The number of sulfone groups is 1. The number of carbonyl (C=O) groups is 1. The maximum Gasteiger partial charge on any atom is 0.278 e. The van der Waals surface area contributed by atoms with Gasteiger partial charge in [0.1, 0.15) is 0 Å². The summed E-state index contributed by atoms with van der Waals surface area (Å²) in [5, 5.41) is 9.11. The quantitative estimate of drug-likeness (QED) is 0.545. The molecule has 4 rings (SSSR count). The molecular weight excluding hydrogens is 380 g/mol. The van der Waals surface area contributed by atoms with Crippen molar-refractivity contribution in [2.45, 2.75) is 12.1 Å². The first kappa shape index (κ1) is 17.9. The van der Waals surface area contributed by atoms with E-state index in [1.165, 1.54) is 10.6 Å². The monoisotopic (exact) mass is 396 g/mol. The lowest BCUT2D eigenvalue weighted by molar-refractivity contribution is 0.102. The van der Waals surface area contributed by atoms with Crippen molar-refractivity contribution in [3.05, 3.63) is 59.9 Å². The number of imidazole rings is 1. The first-order valence-electron chi connectivity index (χ1n) is 8.31. The minimum atomic E-state index is -3.62. The van der Waals surface area contributed by atoms with Gasteiger partial charge in [0.2, 0.25) is 20.9 Å². The molecule has 10 heteroatoms. The molecule has 0 atom stereocenters. The Morgan fingerprint density at radius 2 is 1.86 bits per heavy atom. The minimum Gasteiger partial charge on any atom is -0.290 e. The summed E-state index contributed by atoms with van der Waals surface area (Å²) in [6.07, 6.45) is 2.58. The molecule has 1 amide bonds. The van der Waals surface area contributed by atoms with Gasteiger partial charge in [-0.15, -0.1) is 5.10 Å². The second kappa shape index (κ2) is 6.57. The highest BCUT2D eigenvalue weighted by Gasteiger charge is 2.23. The van der Waals surface area contributed by atoms with Crippen molar-refractivity contribution in [1.29, 1.82) is 0 Å². The van der Waals surface area contributed by atoms with Gasteiger partial charge in [0.05, 0.1) is 5.52 Å². The van der Waals surface area contributed by atoms with Crippen LogP contribution in [0.3, 0.4) is 0 Å². The molecule has 1 aromatic carbocycles. The summed E-state index contributed by atoms with van der Waals surface area (Å²) < 4.78 is 25.3. The lowest BCUT2D eigenvalue weighted by atomic mass is 10.1. The lowest BCUT2D eigenvalue weighted by Crippen LogP contribution is -2.14. The average molecular weight is 396 g/mol. The first-order valence-corrected chi connectivity index (χ1v) is 10.2. The third-order valence-electron chi connectivity index (χ3n) is 4.10. The molecule has 0 aliphatic rings. The summed E-state index contributed by atoms with van der Waals surface area (Å²) in [7, 11) is -3.62. The fourth-order valence-corrected chi connectivity index (χ4v) is 3.53. The highest BCUT2D eigenvalue weighted by atomic mass is 32.2. The minimum absolute atomic E-state index is 0.0253. The number of fused-ring (bicyclic) bond motifs is 1. The summed E-state index contributed by atoms with van der Waals surface area (Å²) in [5.74, 6) is -0.0339. The standard InChI is InChI=1S/C18H16N6O3S/c1-11-6-8-12(9-7-11)15-20-17(23-22-15)21-16(25)14-13-5-3-4-10-24(13)18(19-14)28(2,26)27/h3-10H,1-2H3,(H2,20,21,22,23,25). The molecule has 2 N–H and O–H groups in total. The SMILES string of the molecule is Cc1ccc(-c2nc(NC(=O)c3nc(S(C)(=O)=O)n4ccccc34)n[nH]2)cc1. The molecule has 3 heterocycles. The van der Waals surface area contributed by atoms with E-state index in [1.54, 1.807) is 18.2 Å². The van der Waals surface area contributed by atoms with Crippen LogP contribution < -0.4 is 5.32 Å². The topological polar surface area (TPSA) is 122 Å². The molecule has 0 fully saturated rings. The molecule has 4 aromatic rings. The molecule has 28 heavy (non-hydrogen) atoms. The summed E-state index contributed by atoms with van der Waals surface area (Å²) in [4.78, 5) is 21.0. The maximum atomic E-state index is 12.7. The zero-order valence-electron chi connectivity index (χ0n) is 15.0. The fraction of sp³-hybridized carbons (Fsp3) is 0.111. The number of hydrogen-bond acceptors (Lipinski definition) is 6. The summed E-state index contributed by atoms with van der Waals surface area (Å²) in [6.45, 7) is 1.98. The molecule has 0 radical (unpaired) electrons. The molecule has 9 nitrogen and oxygen atoms in total. The number of benzene rings is 1. The van der Waals surface area contributed by atoms with Crippen molar-refractivity contribution in [2.75, 3.05) is 11.6 Å². The number of aromatic nitrogens is 5. The number of nitrogens with zero attached hydrogens (tertiary/aromatic N) is 4. The third kappa shape index (κ3) is 3.25. The summed E-state index contributed by atoms with van der Waals surface area (Å²) in [6, 6.07) is 12.6. The Bertz CT molecular complexity index is 1290. The van der Waals surface area contributed by atoms with Gasteiger partial charge in [0.15, 0.2) is 11.5 Å². The Balaban J connectivity index is 1.66. The number of aryl methyl sites for hydroxylation is 1. The number of anilines is 1. The predicted molar refractivity (Wildman–Crippen MR) is 103 cm³/mol. The molecule has 0 bridgehead atoms. The largest absolute Gasteiger partial charge is 0.290 e. The van der Waals surface area contributed by atoms with Crippen LogP contribution in [0.25, 0.3) is 16.9 Å². The van der Waals surface area contributed by atoms with Crippen LogP contribution in [-0.2, 0) is 9.84 Å². The van der Waals surface area contributed by atoms with Crippen LogP contribution in [0.15, 0.2) is 53.8 Å². The predicted octanol–water partition coefficient (Wildman–Crippen LogP) is 2.08. The number of amides is 1. The Morgan fingerprint density at radius 1 is 1.11 bits per heavy atom. The van der Waals surface area contributed by atoms with Crippen LogP contribution in [0.4, 0.5) is 5.95 Å². The number of pyridine rings is 1. The van der Waals surface area contributed by atoms with Crippen LogP contribution in [0.5, 0.6) is 0 Å². The van der Waals surface area contributed by atoms with E-state index in [2.05, 4.69) is 25.5 Å². The van der Waals surface area contributed by atoms with Gasteiger partial charge in [-0.3, -0.25) is 19.6 Å². The smallest absolute Gasteiger partial charge is 0.278 e. The molecule has 0 unspecified atom stereocenters. The van der Waals surface area contributed by atoms with Gasteiger partial charge in [0.25, 0.3) is 5.91 Å². The number of rotatable bonds is 4. The fourth-order valence-electron chi connectivity index (χ4n) is 2.76. The first-order chi connectivity index (χ1) is 13.3. The molecule has 0 aliphatic heterocycles. The second-order valence-electron chi connectivity index (χ2n) is 6.30. The average Bonchev–Trinajstić information content (AvgIpc) is 3.26. The molecular formula is C18H16N6O3S. The lowest BCUT2D eigenvalue weighted by Gasteiger charge is -1.99. The zero-order chi connectivity index (χ0) is 19.9. The zero-order valence-corrected chi connectivity index (χ0v) is 15.9. The second-order valence-corrected chi connectivity index (χ2v) is 8.21. The van der Waals surface area contributed by atoms with E-state index in [-0.39, 0.29) is 16.8 Å². The van der Waals surface area contributed by atoms with Crippen LogP contribution in [0.1, 0.15) is 16.1 Å². The van der Waals surface area contributed by atoms with Crippen LogP contribution >= 0.6 is 0 Å². The van der Waals surface area contributed by atoms with E-state index in [1.807, 2.05) is 31.2 Å². The Kier molecular flexibility index (Phi) is 4.19. The van der Waals surface area contributed by atoms with Crippen molar-refractivity contribution in [1.82, 2.24) is 24.6 Å². The van der Waals surface area contributed by atoms with Crippen molar-refractivity contribution in [2.24, 2.45) is 0 Å². The van der Waals surface area contributed by atoms with Gasteiger partial charge < -0.3 is 0 Å². The maximum absolute atomic E-state index is 12.7. The van der Waals surface area contributed by atoms with Crippen LogP contribution in [0, 0.1) is 6.92 Å². The van der Waals surface area contributed by atoms with E-state index < -0.39 is 15.7 Å². The third-order valence-corrected chi connectivity index (χ3v) is 5.05. The van der Waals surface area contributed by atoms with E-state index in [4.69, 9.17) is 0 Å². The Morgan fingerprint density at radius 3 is 2.57 bits per heavy atom. The highest BCUT2D eigenvalue weighted by molar-refractivity contribution is 7.90. The molecule has 0 spiro atoms. The van der Waals surface area contributed by atoms with Gasteiger partial charge in [-0.05, 0) is 19.1 Å². The van der Waals surface area contributed by atoms with E-state index in [0.29, 0.717) is 11.3 Å². The van der Waals surface area contributed by atoms with Crippen molar-refractivity contribution in [3.8, 4) is 11.4 Å². The van der Waals surface area contributed by atoms with Gasteiger partial charge in [-0.1, -0.05) is 35.9 Å². The van der Waals surface area contributed by atoms with Crippen molar-refractivity contribution in [3.63, 3.8) is 0 Å². The summed E-state index contributed by atoms with van der Waals surface area (Å²) in [5.41, 5.74) is 2.29. The molecule has 142 valence electrons. The highest BCUT2D eigenvalue weighted by Crippen LogP contribution is 2.19.